The van der Waals surface area contributed by atoms with Crippen molar-refractivity contribution >= 4 is 15.9 Å². The average Bonchev–Trinajstić information content (AvgIpc) is 2.83. The zero-order valence-corrected chi connectivity index (χ0v) is 13.2. The molecule has 2 N–H and O–H groups in total. The summed E-state index contributed by atoms with van der Waals surface area (Å²) < 4.78 is 3.29. The van der Waals surface area contributed by atoms with E-state index in [-0.39, 0.29) is 6.04 Å². The number of nitrogens with two attached hydrogens (primary N) is 1. The molecule has 0 aliphatic heterocycles. The highest BCUT2D eigenvalue weighted by molar-refractivity contribution is 9.10. The second-order valence-corrected chi connectivity index (χ2v) is 5.72. The van der Waals surface area contributed by atoms with E-state index < -0.39 is 0 Å². The molecule has 2 aromatic rings. The van der Waals surface area contributed by atoms with Crippen molar-refractivity contribution in [3.05, 3.63) is 51.5 Å². The Labute approximate surface area is 123 Å². The predicted octanol–water partition coefficient (Wildman–Crippen LogP) is 3.72. The summed E-state index contributed by atoms with van der Waals surface area (Å²) in [6.07, 6.45) is 4.90. The minimum absolute atomic E-state index is 0.174. The highest BCUT2D eigenvalue weighted by Crippen LogP contribution is 2.27. The first-order chi connectivity index (χ1) is 9.04. The fourth-order valence-electron chi connectivity index (χ4n) is 2.34. The van der Waals surface area contributed by atoms with Gasteiger partial charge in [0.05, 0.1) is 6.04 Å². The van der Waals surface area contributed by atoms with Crippen molar-refractivity contribution in [2.75, 3.05) is 0 Å². The molecule has 4 heteroatoms. The summed E-state index contributed by atoms with van der Waals surface area (Å²) in [4.78, 5) is 4.42. The van der Waals surface area contributed by atoms with Crippen LogP contribution in [0.2, 0.25) is 0 Å². The highest BCUT2D eigenvalue weighted by atomic mass is 79.9. The van der Waals surface area contributed by atoms with Gasteiger partial charge in [-0.3, -0.25) is 0 Å². The highest BCUT2D eigenvalue weighted by Gasteiger charge is 2.16. The third-order valence-corrected chi connectivity index (χ3v) is 4.56. The van der Waals surface area contributed by atoms with Gasteiger partial charge in [0, 0.05) is 23.4 Å². The van der Waals surface area contributed by atoms with Crippen LogP contribution in [0.15, 0.2) is 29.0 Å². The molecule has 19 heavy (non-hydrogen) atoms. The fourth-order valence-corrected chi connectivity index (χ4v) is 2.57. The Bertz CT molecular complexity index is 552. The Morgan fingerprint density at radius 1 is 1.32 bits per heavy atom. The molecule has 0 spiro atoms. The Kier molecular flexibility index (Phi) is 4.42. The van der Waals surface area contributed by atoms with Crippen molar-refractivity contribution in [1.82, 2.24) is 9.55 Å². The standard InChI is InChI=1S/C15H20BrN3/c1-4-6-19-7-5-18-15(19)14(17)12-8-10(2)13(16)11(3)9-12/h5,7-9,14H,4,6,17H2,1-3H3. The first-order valence-corrected chi connectivity index (χ1v) is 7.37. The van der Waals surface area contributed by atoms with Crippen LogP contribution in [0, 0.1) is 13.8 Å². The van der Waals surface area contributed by atoms with Crippen LogP contribution in [0.1, 0.15) is 41.9 Å². The third-order valence-electron chi connectivity index (χ3n) is 3.31. The Hall–Kier alpha value is -1.13. The molecule has 1 unspecified atom stereocenters. The Balaban J connectivity index is 2.38. The molecule has 1 aromatic carbocycles. The molecular formula is C15H20BrN3. The van der Waals surface area contributed by atoms with E-state index in [1.165, 1.54) is 11.1 Å². The van der Waals surface area contributed by atoms with Crippen molar-refractivity contribution in [3.8, 4) is 0 Å². The molecule has 1 aromatic heterocycles. The van der Waals surface area contributed by atoms with E-state index in [4.69, 9.17) is 5.73 Å². The number of halogens is 1. The number of rotatable bonds is 4. The molecular weight excluding hydrogens is 302 g/mol. The van der Waals surface area contributed by atoms with E-state index in [1.807, 2.05) is 12.4 Å². The van der Waals surface area contributed by atoms with Gasteiger partial charge in [0.2, 0.25) is 0 Å². The van der Waals surface area contributed by atoms with Crippen molar-refractivity contribution in [2.45, 2.75) is 39.8 Å². The second-order valence-electron chi connectivity index (χ2n) is 4.93. The average molecular weight is 322 g/mol. The lowest BCUT2D eigenvalue weighted by molar-refractivity contribution is 0.612. The van der Waals surface area contributed by atoms with E-state index in [0.29, 0.717) is 0 Å². The van der Waals surface area contributed by atoms with Gasteiger partial charge in [0.1, 0.15) is 5.82 Å². The summed E-state index contributed by atoms with van der Waals surface area (Å²) in [6.45, 7) is 7.29. The third kappa shape index (κ3) is 2.90. The second kappa shape index (κ2) is 5.88. The maximum absolute atomic E-state index is 6.38. The van der Waals surface area contributed by atoms with Crippen molar-refractivity contribution in [2.24, 2.45) is 5.73 Å². The normalized spacial score (nSPS) is 12.7. The fraction of sp³-hybridized carbons (Fsp3) is 0.400. The molecule has 0 aliphatic carbocycles. The van der Waals surface area contributed by atoms with E-state index in [0.717, 1.165) is 28.8 Å². The summed E-state index contributed by atoms with van der Waals surface area (Å²) in [5.41, 5.74) is 9.91. The van der Waals surface area contributed by atoms with E-state index in [2.05, 4.69) is 58.4 Å². The van der Waals surface area contributed by atoms with Gasteiger partial charge in [0.15, 0.2) is 0 Å². The van der Waals surface area contributed by atoms with Gasteiger partial charge < -0.3 is 10.3 Å². The van der Waals surface area contributed by atoms with Gasteiger partial charge in [-0.2, -0.15) is 0 Å². The number of benzene rings is 1. The molecule has 3 nitrogen and oxygen atoms in total. The first-order valence-electron chi connectivity index (χ1n) is 6.57. The minimum Gasteiger partial charge on any atom is -0.333 e. The summed E-state index contributed by atoms with van der Waals surface area (Å²) in [5.74, 6) is 0.933. The molecule has 0 saturated heterocycles. The van der Waals surface area contributed by atoms with E-state index >= 15 is 0 Å². The van der Waals surface area contributed by atoms with Gasteiger partial charge in [-0.15, -0.1) is 0 Å². The minimum atomic E-state index is -0.174. The zero-order valence-electron chi connectivity index (χ0n) is 11.7. The molecule has 0 saturated carbocycles. The summed E-state index contributed by atoms with van der Waals surface area (Å²) in [6, 6.07) is 4.09. The van der Waals surface area contributed by atoms with E-state index in [9.17, 15) is 0 Å². The Morgan fingerprint density at radius 2 is 1.95 bits per heavy atom. The number of aryl methyl sites for hydroxylation is 3. The summed E-state index contributed by atoms with van der Waals surface area (Å²) in [5, 5.41) is 0. The summed E-state index contributed by atoms with van der Waals surface area (Å²) >= 11 is 3.59. The van der Waals surface area contributed by atoms with Crippen LogP contribution >= 0.6 is 15.9 Å². The summed E-state index contributed by atoms with van der Waals surface area (Å²) in [7, 11) is 0. The number of hydrogen-bond donors (Lipinski definition) is 1. The lowest BCUT2D eigenvalue weighted by Crippen LogP contribution is -2.18. The maximum atomic E-state index is 6.38. The molecule has 1 heterocycles. The van der Waals surface area contributed by atoms with Crippen LogP contribution in [0.25, 0.3) is 0 Å². The van der Waals surface area contributed by atoms with E-state index in [1.54, 1.807) is 0 Å². The van der Waals surface area contributed by atoms with Crippen LogP contribution in [0.4, 0.5) is 0 Å². The first kappa shape index (κ1) is 14.3. The topological polar surface area (TPSA) is 43.8 Å². The SMILES string of the molecule is CCCn1ccnc1C(N)c1cc(C)c(Br)c(C)c1. The van der Waals surface area contributed by atoms with Crippen molar-refractivity contribution in [3.63, 3.8) is 0 Å². The van der Waals surface area contributed by atoms with Crippen LogP contribution in [-0.2, 0) is 6.54 Å². The van der Waals surface area contributed by atoms with Gasteiger partial charge in [-0.1, -0.05) is 35.0 Å². The quantitative estimate of drug-likeness (QED) is 0.932. The Morgan fingerprint density at radius 3 is 2.53 bits per heavy atom. The van der Waals surface area contributed by atoms with Crippen molar-refractivity contribution in [1.29, 1.82) is 0 Å². The maximum Gasteiger partial charge on any atom is 0.130 e. The van der Waals surface area contributed by atoms with Gasteiger partial charge >= 0.3 is 0 Å². The molecule has 0 amide bonds. The largest absolute Gasteiger partial charge is 0.333 e. The molecule has 0 aliphatic rings. The number of aromatic nitrogens is 2. The molecule has 0 radical (unpaired) electrons. The number of imidazole rings is 1. The molecule has 0 fully saturated rings. The van der Waals surface area contributed by atoms with Crippen molar-refractivity contribution < 1.29 is 0 Å². The monoisotopic (exact) mass is 321 g/mol. The lowest BCUT2D eigenvalue weighted by atomic mass is 10.0. The number of nitrogens with zero attached hydrogens (tertiary/aromatic N) is 2. The number of hydrogen-bond acceptors (Lipinski definition) is 2. The molecule has 102 valence electrons. The molecule has 0 bridgehead atoms. The van der Waals surface area contributed by atoms with Crippen LogP contribution in [-0.4, -0.2) is 9.55 Å². The zero-order chi connectivity index (χ0) is 14.0. The van der Waals surface area contributed by atoms with Crippen LogP contribution < -0.4 is 5.73 Å². The lowest BCUT2D eigenvalue weighted by Gasteiger charge is -2.16. The van der Waals surface area contributed by atoms with Crippen LogP contribution in [0.5, 0.6) is 0 Å². The molecule has 2 rings (SSSR count). The van der Waals surface area contributed by atoms with Gasteiger partial charge in [0.25, 0.3) is 0 Å². The smallest absolute Gasteiger partial charge is 0.130 e. The van der Waals surface area contributed by atoms with Gasteiger partial charge in [-0.25, -0.2) is 4.98 Å². The van der Waals surface area contributed by atoms with Gasteiger partial charge in [-0.05, 0) is 37.0 Å². The van der Waals surface area contributed by atoms with Crippen LogP contribution in [0.3, 0.4) is 0 Å². The molecule has 1 atom stereocenters. The predicted molar refractivity (Wildman–Crippen MR) is 82.2 cm³/mol.